The van der Waals surface area contributed by atoms with E-state index >= 15 is 0 Å². The van der Waals surface area contributed by atoms with Crippen LogP contribution in [0.5, 0.6) is 0 Å². The van der Waals surface area contributed by atoms with E-state index in [2.05, 4.69) is 15.5 Å². The van der Waals surface area contributed by atoms with E-state index in [0.29, 0.717) is 11.6 Å². The molecule has 0 aliphatic rings. The topological polar surface area (TPSA) is 105 Å². The zero-order valence-electron chi connectivity index (χ0n) is 13.8. The highest BCUT2D eigenvalue weighted by Crippen LogP contribution is 2.24. The summed E-state index contributed by atoms with van der Waals surface area (Å²) in [5.41, 5.74) is 2.42. The summed E-state index contributed by atoms with van der Waals surface area (Å²) in [7, 11) is 0. The summed E-state index contributed by atoms with van der Waals surface area (Å²) in [5, 5.41) is 19.8. The van der Waals surface area contributed by atoms with Crippen LogP contribution in [0.3, 0.4) is 0 Å². The van der Waals surface area contributed by atoms with Gasteiger partial charge in [-0.25, -0.2) is 4.79 Å². The van der Waals surface area contributed by atoms with Gasteiger partial charge in [-0.3, -0.25) is 4.79 Å². The quantitative estimate of drug-likeness (QED) is 0.641. The highest BCUT2D eigenvalue weighted by atomic mass is 32.2. The molecule has 0 aliphatic carbocycles. The molecule has 26 heavy (non-hydrogen) atoms. The molecule has 3 rings (SSSR count). The van der Waals surface area contributed by atoms with E-state index in [9.17, 15) is 9.59 Å². The number of carbonyl (C=O) groups excluding carboxylic acids is 1. The molecular formula is C18H15N3O4S. The molecule has 0 unspecified atom stereocenters. The van der Waals surface area contributed by atoms with E-state index in [1.165, 1.54) is 12.1 Å². The first kappa shape index (κ1) is 17.7. The third kappa shape index (κ3) is 4.48. The van der Waals surface area contributed by atoms with E-state index in [1.54, 1.807) is 12.1 Å². The predicted molar refractivity (Wildman–Crippen MR) is 97.2 cm³/mol. The molecule has 3 aromatic rings. The number of amides is 1. The number of hydrogen-bond acceptors (Lipinski definition) is 6. The maximum absolute atomic E-state index is 12.0. The number of aromatic nitrogens is 2. The molecule has 1 amide bonds. The summed E-state index contributed by atoms with van der Waals surface area (Å²) in [6.45, 7) is 1.97. The summed E-state index contributed by atoms with van der Waals surface area (Å²) in [4.78, 5) is 23.0. The molecule has 7 nitrogen and oxygen atoms in total. The van der Waals surface area contributed by atoms with Gasteiger partial charge >= 0.3 is 5.97 Å². The maximum Gasteiger partial charge on any atom is 0.335 e. The lowest BCUT2D eigenvalue weighted by molar-refractivity contribution is -0.113. The molecule has 0 atom stereocenters. The Morgan fingerprint density at radius 1 is 1.15 bits per heavy atom. The molecule has 0 aliphatic heterocycles. The number of anilines is 1. The van der Waals surface area contributed by atoms with E-state index in [-0.39, 0.29) is 22.4 Å². The van der Waals surface area contributed by atoms with Crippen LogP contribution in [0.15, 0.2) is 58.2 Å². The predicted octanol–water partition coefficient (Wildman–Crippen LogP) is 3.47. The van der Waals surface area contributed by atoms with Gasteiger partial charge in [0.05, 0.1) is 11.3 Å². The van der Waals surface area contributed by atoms with Crippen LogP contribution in [0.2, 0.25) is 0 Å². The van der Waals surface area contributed by atoms with Crippen LogP contribution in [-0.4, -0.2) is 32.9 Å². The zero-order valence-corrected chi connectivity index (χ0v) is 14.6. The molecule has 1 aromatic heterocycles. The minimum atomic E-state index is -1.05. The van der Waals surface area contributed by atoms with E-state index in [1.807, 2.05) is 31.2 Å². The molecular weight excluding hydrogens is 354 g/mol. The van der Waals surface area contributed by atoms with Gasteiger partial charge < -0.3 is 14.8 Å². The third-order valence-corrected chi connectivity index (χ3v) is 4.21. The first-order chi connectivity index (χ1) is 12.5. The monoisotopic (exact) mass is 369 g/mol. The third-order valence-electron chi connectivity index (χ3n) is 3.39. The second kappa shape index (κ2) is 7.83. The van der Waals surface area contributed by atoms with Crippen LogP contribution in [0.1, 0.15) is 15.9 Å². The Labute approximate surface area is 153 Å². The Morgan fingerprint density at radius 2 is 1.96 bits per heavy atom. The molecule has 2 aromatic carbocycles. The van der Waals surface area contributed by atoms with Gasteiger partial charge in [-0.2, -0.15) is 0 Å². The summed E-state index contributed by atoms with van der Waals surface area (Å²) < 4.78 is 5.56. The van der Waals surface area contributed by atoms with Crippen molar-refractivity contribution in [3.8, 4) is 11.5 Å². The lowest BCUT2D eigenvalue weighted by atomic mass is 10.1. The highest BCUT2D eigenvalue weighted by molar-refractivity contribution is 7.99. The van der Waals surface area contributed by atoms with Crippen molar-refractivity contribution in [3.05, 3.63) is 59.7 Å². The van der Waals surface area contributed by atoms with Gasteiger partial charge in [-0.05, 0) is 37.3 Å². The Hall–Kier alpha value is -3.13. The maximum atomic E-state index is 12.0. The summed E-state index contributed by atoms with van der Waals surface area (Å²) in [6.07, 6.45) is 0. The highest BCUT2D eigenvalue weighted by Gasteiger charge is 2.12. The molecule has 0 bridgehead atoms. The van der Waals surface area contributed by atoms with Gasteiger partial charge in [0.25, 0.3) is 5.22 Å². The lowest BCUT2D eigenvalue weighted by Gasteiger charge is -2.04. The summed E-state index contributed by atoms with van der Waals surface area (Å²) >= 11 is 1.11. The molecule has 0 saturated carbocycles. The van der Waals surface area contributed by atoms with Crippen molar-refractivity contribution in [3.63, 3.8) is 0 Å². The normalized spacial score (nSPS) is 10.5. The van der Waals surface area contributed by atoms with Crippen LogP contribution in [0.4, 0.5) is 5.69 Å². The Bertz CT molecular complexity index is 955. The smallest absolute Gasteiger partial charge is 0.335 e. The number of thioether (sulfide) groups is 1. The zero-order chi connectivity index (χ0) is 18.5. The number of aryl methyl sites for hydroxylation is 1. The second-order valence-electron chi connectivity index (χ2n) is 5.47. The average Bonchev–Trinajstić information content (AvgIpc) is 3.09. The largest absolute Gasteiger partial charge is 0.478 e. The number of carbonyl (C=O) groups is 2. The van der Waals surface area contributed by atoms with Crippen LogP contribution < -0.4 is 5.32 Å². The molecule has 2 N–H and O–H groups in total. The van der Waals surface area contributed by atoms with Gasteiger partial charge in [-0.1, -0.05) is 35.5 Å². The number of nitrogens with zero attached hydrogens (tertiary/aromatic N) is 2. The van der Waals surface area contributed by atoms with Crippen molar-refractivity contribution < 1.29 is 19.1 Å². The summed E-state index contributed by atoms with van der Waals surface area (Å²) in [6, 6.07) is 13.7. The molecule has 0 fully saturated rings. The molecule has 1 heterocycles. The molecule has 0 radical (unpaired) electrons. The SMILES string of the molecule is Cc1cccc(-c2nnc(SCC(=O)Nc3cccc(C(=O)O)c3)o2)c1. The number of benzene rings is 2. The number of aromatic carboxylic acids is 1. The minimum absolute atomic E-state index is 0.0623. The van der Waals surface area contributed by atoms with Crippen molar-refractivity contribution in [1.29, 1.82) is 0 Å². The number of carboxylic acid groups (broad SMARTS) is 1. The van der Waals surface area contributed by atoms with E-state index < -0.39 is 5.97 Å². The fraction of sp³-hybridized carbons (Fsp3) is 0.111. The van der Waals surface area contributed by atoms with Gasteiger partial charge in [0.1, 0.15) is 0 Å². The summed E-state index contributed by atoms with van der Waals surface area (Å²) in [5.74, 6) is -0.893. The van der Waals surface area contributed by atoms with Crippen molar-refractivity contribution in [1.82, 2.24) is 10.2 Å². The van der Waals surface area contributed by atoms with Gasteiger partial charge in [0, 0.05) is 11.3 Å². The van der Waals surface area contributed by atoms with Crippen molar-refractivity contribution in [2.75, 3.05) is 11.1 Å². The van der Waals surface area contributed by atoms with E-state index in [0.717, 1.165) is 22.9 Å². The Morgan fingerprint density at radius 3 is 2.73 bits per heavy atom. The van der Waals surface area contributed by atoms with Gasteiger partial charge in [0.2, 0.25) is 11.8 Å². The average molecular weight is 369 g/mol. The molecule has 0 spiro atoms. The van der Waals surface area contributed by atoms with Gasteiger partial charge in [-0.15, -0.1) is 10.2 Å². The van der Waals surface area contributed by atoms with E-state index in [4.69, 9.17) is 9.52 Å². The van der Waals surface area contributed by atoms with Gasteiger partial charge in [0.15, 0.2) is 0 Å². The standard InChI is InChI=1S/C18H15N3O4S/c1-11-4-2-5-12(8-11)16-20-21-18(25-16)26-10-15(22)19-14-7-3-6-13(9-14)17(23)24/h2-9H,10H2,1H3,(H,19,22)(H,23,24). The van der Waals surface area contributed by atoms with Crippen LogP contribution in [0.25, 0.3) is 11.5 Å². The van der Waals surface area contributed by atoms with Crippen LogP contribution in [0, 0.1) is 6.92 Å². The first-order valence-electron chi connectivity index (χ1n) is 7.68. The number of hydrogen-bond donors (Lipinski definition) is 2. The fourth-order valence-electron chi connectivity index (χ4n) is 2.22. The lowest BCUT2D eigenvalue weighted by Crippen LogP contribution is -2.14. The second-order valence-corrected chi connectivity index (χ2v) is 6.39. The van der Waals surface area contributed by atoms with Crippen LogP contribution >= 0.6 is 11.8 Å². The fourth-order valence-corrected chi connectivity index (χ4v) is 2.78. The molecule has 132 valence electrons. The first-order valence-corrected chi connectivity index (χ1v) is 8.66. The van der Waals surface area contributed by atoms with Crippen molar-refractivity contribution in [2.24, 2.45) is 0 Å². The van der Waals surface area contributed by atoms with Crippen LogP contribution in [-0.2, 0) is 4.79 Å². The van der Waals surface area contributed by atoms with Crippen molar-refractivity contribution >= 4 is 29.3 Å². The minimum Gasteiger partial charge on any atom is -0.478 e. The Kier molecular flexibility index (Phi) is 5.33. The molecule has 8 heteroatoms. The molecule has 0 saturated heterocycles. The Balaban J connectivity index is 1.58. The number of carboxylic acids is 1. The number of nitrogens with one attached hydrogen (secondary N) is 1. The number of rotatable bonds is 6. The van der Waals surface area contributed by atoms with Crippen molar-refractivity contribution in [2.45, 2.75) is 12.1 Å².